The number of rotatable bonds is 4. The molecular weight excluding hydrogens is 174 g/mol. The number of hydrogen-bond donors (Lipinski definition) is 1. The molecule has 3 heteroatoms. The summed E-state index contributed by atoms with van der Waals surface area (Å²) in [5, 5.41) is 0. The van der Waals surface area contributed by atoms with E-state index in [9.17, 15) is 0 Å². The summed E-state index contributed by atoms with van der Waals surface area (Å²) in [5.41, 5.74) is 6.22. The van der Waals surface area contributed by atoms with Gasteiger partial charge in [0.1, 0.15) is 5.82 Å². The summed E-state index contributed by atoms with van der Waals surface area (Å²) >= 11 is 0. The highest BCUT2D eigenvalue weighted by Crippen LogP contribution is 2.22. The highest BCUT2D eigenvalue weighted by molar-refractivity contribution is 5.01. The first-order chi connectivity index (χ1) is 6.49. The molecule has 0 aliphatic carbocycles. The van der Waals surface area contributed by atoms with Crippen LogP contribution in [-0.2, 0) is 13.5 Å². The van der Waals surface area contributed by atoms with Crippen molar-refractivity contribution in [1.82, 2.24) is 9.55 Å². The van der Waals surface area contributed by atoms with Gasteiger partial charge in [0.2, 0.25) is 0 Å². The van der Waals surface area contributed by atoms with E-state index < -0.39 is 0 Å². The van der Waals surface area contributed by atoms with Crippen LogP contribution in [0.4, 0.5) is 0 Å². The molecule has 1 unspecified atom stereocenters. The first-order valence-electron chi connectivity index (χ1n) is 5.24. The molecule has 0 aliphatic heterocycles. The molecule has 0 radical (unpaired) electrons. The molecule has 3 nitrogen and oxygen atoms in total. The van der Waals surface area contributed by atoms with Crippen LogP contribution in [0.15, 0.2) is 12.4 Å². The van der Waals surface area contributed by atoms with Crippen LogP contribution >= 0.6 is 0 Å². The van der Waals surface area contributed by atoms with Gasteiger partial charge in [-0.25, -0.2) is 4.98 Å². The zero-order valence-corrected chi connectivity index (χ0v) is 9.62. The molecule has 1 rings (SSSR count). The summed E-state index contributed by atoms with van der Waals surface area (Å²) in [6, 6.07) is 0. The zero-order valence-electron chi connectivity index (χ0n) is 9.62. The van der Waals surface area contributed by atoms with Gasteiger partial charge in [0.15, 0.2) is 0 Å². The van der Waals surface area contributed by atoms with Gasteiger partial charge >= 0.3 is 0 Å². The topological polar surface area (TPSA) is 43.8 Å². The predicted molar refractivity (Wildman–Crippen MR) is 59.0 cm³/mol. The fourth-order valence-electron chi connectivity index (χ4n) is 1.60. The molecule has 1 atom stereocenters. The van der Waals surface area contributed by atoms with Gasteiger partial charge in [-0.05, 0) is 12.3 Å². The molecule has 0 spiro atoms. The van der Waals surface area contributed by atoms with Crippen molar-refractivity contribution in [3.63, 3.8) is 0 Å². The Balaban J connectivity index is 2.80. The van der Waals surface area contributed by atoms with Crippen LogP contribution in [0.2, 0.25) is 0 Å². The molecule has 0 saturated heterocycles. The second kappa shape index (κ2) is 4.13. The lowest BCUT2D eigenvalue weighted by atomic mass is 9.82. The van der Waals surface area contributed by atoms with Crippen molar-refractivity contribution in [3.05, 3.63) is 18.2 Å². The lowest BCUT2D eigenvalue weighted by molar-refractivity contribution is 0.289. The van der Waals surface area contributed by atoms with Crippen LogP contribution < -0.4 is 5.73 Å². The van der Waals surface area contributed by atoms with E-state index in [-0.39, 0.29) is 5.54 Å². The Kier molecular flexibility index (Phi) is 3.32. The summed E-state index contributed by atoms with van der Waals surface area (Å²) < 4.78 is 2.04. The second-order valence-electron chi connectivity index (χ2n) is 4.37. The Morgan fingerprint density at radius 1 is 1.57 bits per heavy atom. The minimum Gasteiger partial charge on any atom is -0.338 e. The van der Waals surface area contributed by atoms with Gasteiger partial charge in [0, 0.05) is 31.4 Å². The molecule has 0 saturated carbocycles. The SMILES string of the molecule is CCC(N)(Cc1nccn1C)C(C)C. The molecule has 0 aliphatic rings. The molecule has 2 N–H and O–H groups in total. The van der Waals surface area contributed by atoms with Crippen molar-refractivity contribution in [2.24, 2.45) is 18.7 Å². The molecule has 1 heterocycles. The van der Waals surface area contributed by atoms with E-state index in [2.05, 4.69) is 25.8 Å². The molecule has 0 amide bonds. The average molecular weight is 195 g/mol. The van der Waals surface area contributed by atoms with Gasteiger partial charge in [0.05, 0.1) is 0 Å². The molecule has 0 fully saturated rings. The van der Waals surface area contributed by atoms with Crippen molar-refractivity contribution < 1.29 is 0 Å². The van der Waals surface area contributed by atoms with Crippen molar-refractivity contribution in [3.8, 4) is 0 Å². The number of hydrogen-bond acceptors (Lipinski definition) is 2. The standard InChI is InChI=1S/C11H21N3/c1-5-11(12,9(2)3)8-10-13-6-7-14(10)4/h6-7,9H,5,8,12H2,1-4H3. The van der Waals surface area contributed by atoms with Crippen molar-refractivity contribution in [2.45, 2.75) is 39.2 Å². The van der Waals surface area contributed by atoms with Crippen molar-refractivity contribution in [1.29, 1.82) is 0 Å². The van der Waals surface area contributed by atoms with Gasteiger partial charge in [-0.3, -0.25) is 0 Å². The molecule has 1 aromatic heterocycles. The molecule has 1 aromatic rings. The Morgan fingerprint density at radius 2 is 2.21 bits per heavy atom. The van der Waals surface area contributed by atoms with E-state index in [0.29, 0.717) is 5.92 Å². The monoisotopic (exact) mass is 195 g/mol. The first-order valence-corrected chi connectivity index (χ1v) is 5.24. The Labute approximate surface area is 86.3 Å². The summed E-state index contributed by atoms with van der Waals surface area (Å²) in [7, 11) is 2.01. The lowest BCUT2D eigenvalue weighted by Crippen LogP contribution is -2.47. The maximum absolute atomic E-state index is 6.35. The smallest absolute Gasteiger partial charge is 0.110 e. The Hall–Kier alpha value is -0.830. The summed E-state index contributed by atoms with van der Waals surface area (Å²) in [4.78, 5) is 4.31. The van der Waals surface area contributed by atoms with Crippen LogP contribution in [-0.4, -0.2) is 15.1 Å². The Morgan fingerprint density at radius 3 is 2.57 bits per heavy atom. The summed E-state index contributed by atoms with van der Waals surface area (Å²) in [5.74, 6) is 1.55. The largest absolute Gasteiger partial charge is 0.338 e. The second-order valence-corrected chi connectivity index (χ2v) is 4.37. The van der Waals surface area contributed by atoms with Crippen LogP contribution in [0.3, 0.4) is 0 Å². The number of imidazole rings is 1. The van der Waals surface area contributed by atoms with Crippen LogP contribution in [0.25, 0.3) is 0 Å². The third kappa shape index (κ3) is 2.15. The van der Waals surface area contributed by atoms with E-state index in [1.165, 1.54) is 0 Å². The predicted octanol–water partition coefficient (Wildman–Crippen LogP) is 1.73. The van der Waals surface area contributed by atoms with Gasteiger partial charge in [-0.1, -0.05) is 20.8 Å². The minimum absolute atomic E-state index is 0.126. The van der Waals surface area contributed by atoms with E-state index in [1.54, 1.807) is 0 Å². The fourth-order valence-corrected chi connectivity index (χ4v) is 1.60. The molecular formula is C11H21N3. The highest BCUT2D eigenvalue weighted by Gasteiger charge is 2.28. The number of nitrogens with two attached hydrogens (primary N) is 1. The third-order valence-electron chi connectivity index (χ3n) is 3.22. The quantitative estimate of drug-likeness (QED) is 0.795. The van der Waals surface area contributed by atoms with Gasteiger partial charge < -0.3 is 10.3 Å². The van der Waals surface area contributed by atoms with Gasteiger partial charge in [-0.15, -0.1) is 0 Å². The molecule has 0 aromatic carbocycles. The highest BCUT2D eigenvalue weighted by atomic mass is 15.0. The van der Waals surface area contributed by atoms with Crippen LogP contribution in [0.1, 0.15) is 33.0 Å². The number of nitrogens with zero attached hydrogens (tertiary/aromatic N) is 2. The maximum atomic E-state index is 6.35. The molecule has 0 bridgehead atoms. The summed E-state index contributed by atoms with van der Waals surface area (Å²) in [6.07, 6.45) is 5.62. The maximum Gasteiger partial charge on any atom is 0.110 e. The van der Waals surface area contributed by atoms with Crippen LogP contribution in [0.5, 0.6) is 0 Å². The van der Waals surface area contributed by atoms with Gasteiger partial charge in [-0.2, -0.15) is 0 Å². The average Bonchev–Trinajstić information content (AvgIpc) is 2.51. The molecule has 14 heavy (non-hydrogen) atoms. The van der Waals surface area contributed by atoms with Crippen LogP contribution in [0, 0.1) is 5.92 Å². The van der Waals surface area contributed by atoms with Crippen molar-refractivity contribution in [2.75, 3.05) is 0 Å². The van der Waals surface area contributed by atoms with E-state index >= 15 is 0 Å². The Bertz CT molecular complexity index is 290. The zero-order chi connectivity index (χ0) is 10.8. The fraction of sp³-hybridized carbons (Fsp3) is 0.727. The van der Waals surface area contributed by atoms with E-state index in [1.807, 2.05) is 24.0 Å². The number of aromatic nitrogens is 2. The lowest BCUT2D eigenvalue weighted by Gasteiger charge is -2.32. The van der Waals surface area contributed by atoms with Crippen molar-refractivity contribution >= 4 is 0 Å². The first kappa shape index (κ1) is 11.2. The molecule has 80 valence electrons. The normalized spacial score (nSPS) is 15.9. The third-order valence-corrected chi connectivity index (χ3v) is 3.22. The number of aryl methyl sites for hydroxylation is 1. The van der Waals surface area contributed by atoms with Gasteiger partial charge in [0.25, 0.3) is 0 Å². The van der Waals surface area contributed by atoms with E-state index in [4.69, 9.17) is 5.73 Å². The van der Waals surface area contributed by atoms with E-state index in [0.717, 1.165) is 18.7 Å². The summed E-state index contributed by atoms with van der Waals surface area (Å²) in [6.45, 7) is 6.49. The minimum atomic E-state index is -0.126.